The fourth-order valence-electron chi connectivity index (χ4n) is 3.19. The lowest BCUT2D eigenvalue weighted by molar-refractivity contribution is 0.916. The summed E-state index contributed by atoms with van der Waals surface area (Å²) in [4.78, 5) is 0. The Bertz CT molecular complexity index is 895. The van der Waals surface area contributed by atoms with Crippen LogP contribution >= 0.6 is 0 Å². The van der Waals surface area contributed by atoms with Crippen molar-refractivity contribution < 1.29 is 0 Å². The Morgan fingerprint density at radius 2 is 1.42 bits per heavy atom. The summed E-state index contributed by atoms with van der Waals surface area (Å²) in [6, 6.07) is 27.0. The highest BCUT2D eigenvalue weighted by molar-refractivity contribution is 5.65. The van der Waals surface area contributed by atoms with E-state index in [2.05, 4.69) is 70.9 Å². The summed E-state index contributed by atoms with van der Waals surface area (Å²) >= 11 is 0. The first-order valence-electron chi connectivity index (χ1n) is 8.19. The van der Waals surface area contributed by atoms with Gasteiger partial charge >= 0.3 is 0 Å². The highest BCUT2D eigenvalue weighted by Crippen LogP contribution is 2.36. The first-order chi connectivity index (χ1) is 11.9. The Kier molecular flexibility index (Phi) is 4.03. The van der Waals surface area contributed by atoms with Crippen molar-refractivity contribution in [2.45, 2.75) is 12.5 Å². The summed E-state index contributed by atoms with van der Waals surface area (Å²) in [5.74, 6) is 0.310. The smallest absolute Gasteiger partial charge is 0.0856 e. The van der Waals surface area contributed by atoms with E-state index in [1.165, 1.54) is 22.3 Å². The Balaban J connectivity index is 1.60. The van der Waals surface area contributed by atoms with Gasteiger partial charge in [0, 0.05) is 5.92 Å². The lowest BCUT2D eigenvalue weighted by Gasteiger charge is -2.15. The molecule has 1 aliphatic rings. The van der Waals surface area contributed by atoms with E-state index in [4.69, 9.17) is 0 Å². The Hall–Kier alpha value is -3.00. The summed E-state index contributed by atoms with van der Waals surface area (Å²) in [7, 11) is 0. The van der Waals surface area contributed by atoms with Crippen LogP contribution in [-0.4, -0.2) is 0 Å². The molecule has 0 spiro atoms. The molecule has 116 valence electrons. The van der Waals surface area contributed by atoms with Gasteiger partial charge in [-0.1, -0.05) is 78.9 Å². The molecule has 1 unspecified atom stereocenters. The molecule has 0 amide bonds. The third kappa shape index (κ3) is 2.91. The van der Waals surface area contributed by atoms with Gasteiger partial charge in [0.2, 0.25) is 0 Å². The van der Waals surface area contributed by atoms with Crippen LogP contribution in [0.3, 0.4) is 0 Å². The topological polar surface area (TPSA) is 24.7 Å². The molecule has 3 aromatic carbocycles. The number of allylic oxidation sites excluding steroid dienone is 1. The van der Waals surface area contributed by atoms with Gasteiger partial charge in [-0.15, -0.1) is 0 Å². The Morgan fingerprint density at radius 3 is 2.29 bits per heavy atom. The molecule has 0 saturated carbocycles. The maximum Gasteiger partial charge on any atom is 0.0856 e. The summed E-state index contributed by atoms with van der Waals surface area (Å²) in [5, 5.41) is 8.72. The number of benzene rings is 3. The van der Waals surface area contributed by atoms with E-state index < -0.39 is 0 Å². The highest BCUT2D eigenvalue weighted by atomic mass is 15.1. The molecule has 0 fully saturated rings. The molecule has 0 N–H and O–H groups in total. The molecule has 24 heavy (non-hydrogen) atoms. The van der Waals surface area contributed by atoms with Crippen LogP contribution in [0.25, 0.3) is 6.08 Å². The fraction of sp³-hybridized carbons (Fsp3) is 0.0909. The summed E-state index contributed by atoms with van der Waals surface area (Å²) < 4.78 is 0. The second-order valence-corrected chi connectivity index (χ2v) is 5.90. The van der Waals surface area contributed by atoms with E-state index in [0.717, 1.165) is 5.69 Å². The molecule has 0 radical (unpaired) electrons. The lowest BCUT2D eigenvalue weighted by atomic mass is 9.90. The van der Waals surface area contributed by atoms with Gasteiger partial charge in [0.1, 0.15) is 0 Å². The van der Waals surface area contributed by atoms with Gasteiger partial charge in [-0.25, -0.2) is 0 Å². The molecular formula is C22H18N2. The maximum absolute atomic E-state index is 4.40. The van der Waals surface area contributed by atoms with Crippen molar-refractivity contribution in [2.75, 3.05) is 0 Å². The van der Waals surface area contributed by atoms with Gasteiger partial charge in [0.15, 0.2) is 0 Å². The van der Waals surface area contributed by atoms with Crippen LogP contribution in [0.15, 0.2) is 95.2 Å². The molecule has 4 rings (SSSR count). The van der Waals surface area contributed by atoms with E-state index in [0.29, 0.717) is 12.5 Å². The van der Waals surface area contributed by atoms with Crippen molar-refractivity contribution in [3.05, 3.63) is 107 Å². The van der Waals surface area contributed by atoms with Gasteiger partial charge in [0.05, 0.1) is 12.2 Å². The highest BCUT2D eigenvalue weighted by Gasteiger charge is 2.20. The van der Waals surface area contributed by atoms with Crippen LogP contribution in [0.1, 0.15) is 28.2 Å². The van der Waals surface area contributed by atoms with Crippen LogP contribution < -0.4 is 0 Å². The van der Waals surface area contributed by atoms with Crippen LogP contribution in [0.5, 0.6) is 0 Å². The molecule has 2 heteroatoms. The quantitative estimate of drug-likeness (QED) is 0.518. The Morgan fingerprint density at radius 1 is 0.708 bits per heavy atom. The van der Waals surface area contributed by atoms with E-state index in [1.54, 1.807) is 0 Å². The Labute approximate surface area is 142 Å². The minimum atomic E-state index is 0.310. The summed E-state index contributed by atoms with van der Waals surface area (Å²) in [6.45, 7) is 0.595. The van der Waals surface area contributed by atoms with Gasteiger partial charge in [0.25, 0.3) is 0 Å². The van der Waals surface area contributed by atoms with E-state index in [-0.39, 0.29) is 0 Å². The van der Waals surface area contributed by atoms with E-state index in [9.17, 15) is 0 Å². The van der Waals surface area contributed by atoms with E-state index in [1.807, 2.05) is 30.3 Å². The molecular weight excluding hydrogens is 292 g/mol. The second-order valence-electron chi connectivity index (χ2n) is 5.90. The first kappa shape index (κ1) is 14.6. The first-order valence-corrected chi connectivity index (χ1v) is 8.19. The second kappa shape index (κ2) is 6.63. The fourth-order valence-corrected chi connectivity index (χ4v) is 3.19. The van der Waals surface area contributed by atoms with Crippen molar-refractivity contribution >= 4 is 11.8 Å². The van der Waals surface area contributed by atoms with Crippen molar-refractivity contribution in [2.24, 2.45) is 10.2 Å². The van der Waals surface area contributed by atoms with E-state index >= 15 is 0 Å². The third-order valence-electron chi connectivity index (χ3n) is 4.37. The van der Waals surface area contributed by atoms with Crippen molar-refractivity contribution in [1.82, 2.24) is 0 Å². The van der Waals surface area contributed by atoms with Crippen molar-refractivity contribution in [3.8, 4) is 0 Å². The average Bonchev–Trinajstić information content (AvgIpc) is 3.07. The zero-order chi connectivity index (χ0) is 16.2. The minimum Gasteiger partial charge on any atom is -0.184 e. The number of hydrogen-bond donors (Lipinski definition) is 0. The minimum absolute atomic E-state index is 0.310. The predicted octanol–water partition coefficient (Wildman–Crippen LogP) is 6.13. The molecule has 2 nitrogen and oxygen atoms in total. The average molecular weight is 310 g/mol. The molecule has 1 atom stereocenters. The number of azo groups is 1. The molecule has 0 saturated heterocycles. The standard InChI is InChI=1S/C22H18N2/c1-2-10-19(11-3-1)24-23-16-18-9-5-7-13-21(18)22-15-14-17-8-4-6-12-20(17)22/h1-15,22H,16H2. The number of fused-ring (bicyclic) bond motifs is 1. The zero-order valence-corrected chi connectivity index (χ0v) is 13.3. The molecule has 0 aliphatic heterocycles. The summed E-state index contributed by atoms with van der Waals surface area (Å²) in [6.07, 6.45) is 4.49. The number of hydrogen-bond acceptors (Lipinski definition) is 2. The molecule has 0 heterocycles. The van der Waals surface area contributed by atoms with Gasteiger partial charge in [-0.3, -0.25) is 0 Å². The van der Waals surface area contributed by atoms with Crippen LogP contribution in [-0.2, 0) is 6.54 Å². The number of rotatable bonds is 4. The van der Waals surface area contributed by atoms with Crippen LogP contribution in [0.2, 0.25) is 0 Å². The summed E-state index contributed by atoms with van der Waals surface area (Å²) in [5.41, 5.74) is 6.10. The zero-order valence-electron chi connectivity index (χ0n) is 13.3. The van der Waals surface area contributed by atoms with Crippen molar-refractivity contribution in [1.29, 1.82) is 0 Å². The lowest BCUT2D eigenvalue weighted by Crippen LogP contribution is -2.00. The molecule has 3 aromatic rings. The van der Waals surface area contributed by atoms with Gasteiger partial charge in [-0.2, -0.15) is 10.2 Å². The third-order valence-corrected chi connectivity index (χ3v) is 4.37. The maximum atomic E-state index is 4.40. The molecule has 0 bridgehead atoms. The monoisotopic (exact) mass is 310 g/mol. The number of nitrogens with zero attached hydrogens (tertiary/aromatic N) is 2. The van der Waals surface area contributed by atoms with Gasteiger partial charge < -0.3 is 0 Å². The normalized spacial score (nSPS) is 15.8. The van der Waals surface area contributed by atoms with Crippen LogP contribution in [0.4, 0.5) is 5.69 Å². The predicted molar refractivity (Wildman–Crippen MR) is 98.4 cm³/mol. The molecule has 0 aromatic heterocycles. The molecule has 1 aliphatic carbocycles. The van der Waals surface area contributed by atoms with Crippen LogP contribution in [0, 0.1) is 0 Å². The van der Waals surface area contributed by atoms with Gasteiger partial charge in [-0.05, 0) is 34.4 Å². The largest absolute Gasteiger partial charge is 0.184 e. The van der Waals surface area contributed by atoms with Crippen molar-refractivity contribution in [3.63, 3.8) is 0 Å². The SMILES string of the molecule is C1=CC(c2ccccc2CN=Nc2ccccc2)c2ccccc21.